The average Bonchev–Trinajstić information content (AvgIpc) is 3.16. The van der Waals surface area contributed by atoms with Gasteiger partial charge in [-0.3, -0.25) is 9.58 Å². The number of hydrogen-bond donors (Lipinski definition) is 2. The summed E-state index contributed by atoms with van der Waals surface area (Å²) in [4.78, 5) is 15.1. The van der Waals surface area contributed by atoms with Gasteiger partial charge in [-0.15, -0.1) is 0 Å². The largest absolute Gasteiger partial charge is 0.334 e. The molecule has 6 nitrogen and oxygen atoms in total. The molecular formula is C22H31N5O. The molecule has 150 valence electrons. The maximum absolute atomic E-state index is 12.5. The van der Waals surface area contributed by atoms with E-state index >= 15 is 0 Å². The lowest BCUT2D eigenvalue weighted by molar-refractivity contribution is 0.113. The van der Waals surface area contributed by atoms with Gasteiger partial charge in [0.15, 0.2) is 0 Å². The van der Waals surface area contributed by atoms with E-state index in [1.165, 1.54) is 44.2 Å². The van der Waals surface area contributed by atoms with E-state index in [0.717, 1.165) is 31.1 Å². The molecule has 1 aliphatic carbocycles. The molecule has 0 bridgehead atoms. The van der Waals surface area contributed by atoms with Crippen molar-refractivity contribution in [3.63, 3.8) is 0 Å². The van der Waals surface area contributed by atoms with E-state index in [2.05, 4.69) is 32.8 Å². The number of rotatable bonds is 5. The molecule has 6 heteroatoms. The summed E-state index contributed by atoms with van der Waals surface area (Å²) in [5, 5.41) is 10.5. The Morgan fingerprint density at radius 3 is 2.71 bits per heavy atom. The van der Waals surface area contributed by atoms with E-state index < -0.39 is 0 Å². The zero-order chi connectivity index (χ0) is 19.2. The fourth-order valence-electron chi connectivity index (χ4n) is 4.54. The van der Waals surface area contributed by atoms with E-state index in [-0.39, 0.29) is 12.1 Å². The number of urea groups is 1. The smallest absolute Gasteiger partial charge is 0.319 e. The summed E-state index contributed by atoms with van der Waals surface area (Å²) in [7, 11) is 0. The van der Waals surface area contributed by atoms with Gasteiger partial charge in [0.2, 0.25) is 0 Å². The number of anilines is 1. The Balaban J connectivity index is 1.26. The van der Waals surface area contributed by atoms with Gasteiger partial charge in [0.1, 0.15) is 0 Å². The van der Waals surface area contributed by atoms with Gasteiger partial charge in [-0.05, 0) is 37.8 Å². The summed E-state index contributed by atoms with van der Waals surface area (Å²) in [5.74, 6) is 0. The molecule has 1 saturated heterocycles. The van der Waals surface area contributed by atoms with Crippen LogP contribution in [-0.4, -0.2) is 45.9 Å². The van der Waals surface area contributed by atoms with Gasteiger partial charge in [0, 0.05) is 24.8 Å². The number of nitrogens with one attached hydrogen (secondary N) is 2. The Hall–Kier alpha value is -2.34. The Labute approximate surface area is 167 Å². The zero-order valence-corrected chi connectivity index (χ0v) is 16.5. The molecule has 2 aliphatic rings. The predicted octanol–water partition coefficient (Wildman–Crippen LogP) is 3.85. The molecule has 1 aliphatic heterocycles. The Kier molecular flexibility index (Phi) is 6.27. The number of nitrogens with zero attached hydrogens (tertiary/aromatic N) is 3. The fourth-order valence-corrected chi connectivity index (χ4v) is 4.54. The van der Waals surface area contributed by atoms with Crippen LogP contribution < -0.4 is 10.6 Å². The fraction of sp³-hybridized carbons (Fsp3) is 0.545. The third kappa shape index (κ3) is 5.13. The second-order valence-corrected chi connectivity index (χ2v) is 8.14. The lowest BCUT2D eigenvalue weighted by Gasteiger charge is -2.40. The Morgan fingerprint density at radius 2 is 1.89 bits per heavy atom. The van der Waals surface area contributed by atoms with Crippen LogP contribution >= 0.6 is 0 Å². The molecule has 2 amide bonds. The van der Waals surface area contributed by atoms with Gasteiger partial charge in [0.05, 0.1) is 18.4 Å². The molecule has 2 N–H and O–H groups in total. The number of likely N-dealkylation sites (tertiary alicyclic amines) is 1. The summed E-state index contributed by atoms with van der Waals surface area (Å²) < 4.78 is 1.84. The van der Waals surface area contributed by atoms with Gasteiger partial charge in [-0.25, -0.2) is 4.79 Å². The number of carbonyl (C=O) groups excluding carboxylic acids is 1. The highest BCUT2D eigenvalue weighted by molar-refractivity contribution is 5.89. The van der Waals surface area contributed by atoms with Crippen LogP contribution in [0.2, 0.25) is 0 Å². The minimum atomic E-state index is -0.130. The molecule has 2 aromatic rings. The van der Waals surface area contributed by atoms with Crippen LogP contribution in [0.1, 0.15) is 50.5 Å². The maximum atomic E-state index is 12.5. The molecular weight excluding hydrogens is 350 g/mol. The van der Waals surface area contributed by atoms with Gasteiger partial charge >= 0.3 is 6.03 Å². The van der Waals surface area contributed by atoms with E-state index in [1.807, 2.05) is 29.1 Å². The van der Waals surface area contributed by atoms with Gasteiger partial charge < -0.3 is 10.6 Å². The number of amides is 2. The molecule has 1 aromatic carbocycles. The first-order valence-corrected chi connectivity index (χ1v) is 10.6. The maximum Gasteiger partial charge on any atom is 0.319 e. The van der Waals surface area contributed by atoms with Crippen molar-refractivity contribution in [1.82, 2.24) is 20.0 Å². The second-order valence-electron chi connectivity index (χ2n) is 8.14. The third-order valence-electron chi connectivity index (χ3n) is 5.96. The quantitative estimate of drug-likeness (QED) is 0.827. The number of carbonyl (C=O) groups is 1. The molecule has 2 heterocycles. The molecule has 1 unspecified atom stereocenters. The van der Waals surface area contributed by atoms with Crippen LogP contribution in [0.25, 0.3) is 0 Å². The second kappa shape index (κ2) is 9.24. The zero-order valence-electron chi connectivity index (χ0n) is 16.5. The topological polar surface area (TPSA) is 62.2 Å². The van der Waals surface area contributed by atoms with Crippen LogP contribution in [0.3, 0.4) is 0 Å². The Bertz CT molecular complexity index is 753. The first kappa shape index (κ1) is 19.0. The lowest BCUT2D eigenvalue weighted by atomic mass is 9.92. The van der Waals surface area contributed by atoms with E-state index in [9.17, 15) is 4.79 Å². The van der Waals surface area contributed by atoms with Gasteiger partial charge in [0.25, 0.3) is 0 Å². The lowest BCUT2D eigenvalue weighted by Crippen LogP contribution is -2.52. The average molecular weight is 382 g/mol. The summed E-state index contributed by atoms with van der Waals surface area (Å²) in [6.45, 7) is 2.85. The monoisotopic (exact) mass is 381 g/mol. The minimum absolute atomic E-state index is 0.130. The van der Waals surface area contributed by atoms with Crippen molar-refractivity contribution in [3.8, 4) is 0 Å². The van der Waals surface area contributed by atoms with E-state index in [4.69, 9.17) is 0 Å². The first-order valence-electron chi connectivity index (χ1n) is 10.6. The first-order chi connectivity index (χ1) is 13.8. The highest BCUT2D eigenvalue weighted by Crippen LogP contribution is 2.25. The molecule has 28 heavy (non-hydrogen) atoms. The summed E-state index contributed by atoms with van der Waals surface area (Å²) >= 11 is 0. The molecule has 0 spiro atoms. The van der Waals surface area contributed by atoms with Crippen molar-refractivity contribution in [1.29, 1.82) is 0 Å². The summed E-state index contributed by atoms with van der Waals surface area (Å²) in [6, 6.07) is 11.0. The normalized spacial score (nSPS) is 21.4. The standard InChI is InChI=1S/C22H31N5O/c28-22(24-19-10-7-13-26(16-19)21-11-5-2-6-12-21)25-20-14-23-27(17-20)15-18-8-3-1-4-9-18/h1,3-4,8-9,14,17,19,21H,2,5-7,10-13,15-16H2,(H2,24,25,28). The molecule has 2 fully saturated rings. The Morgan fingerprint density at radius 1 is 1.07 bits per heavy atom. The van der Waals surface area contributed by atoms with Crippen LogP contribution in [0.4, 0.5) is 10.5 Å². The molecule has 4 rings (SSSR count). The SMILES string of the molecule is O=C(Nc1cnn(Cc2ccccc2)c1)NC1CCCN(C2CCCCC2)C1. The van der Waals surface area contributed by atoms with E-state index in [0.29, 0.717) is 6.54 Å². The third-order valence-corrected chi connectivity index (χ3v) is 5.96. The van der Waals surface area contributed by atoms with Gasteiger partial charge in [-0.2, -0.15) is 5.10 Å². The van der Waals surface area contributed by atoms with Crippen molar-refractivity contribution >= 4 is 11.7 Å². The number of hydrogen-bond acceptors (Lipinski definition) is 3. The number of benzene rings is 1. The van der Waals surface area contributed by atoms with Crippen LogP contribution in [-0.2, 0) is 6.54 Å². The van der Waals surface area contributed by atoms with Crippen molar-refractivity contribution < 1.29 is 4.79 Å². The number of piperidine rings is 1. The van der Waals surface area contributed by atoms with Crippen molar-refractivity contribution in [2.45, 2.75) is 63.6 Å². The molecule has 1 atom stereocenters. The van der Waals surface area contributed by atoms with Crippen LogP contribution in [0.15, 0.2) is 42.7 Å². The predicted molar refractivity (Wildman–Crippen MR) is 111 cm³/mol. The van der Waals surface area contributed by atoms with Gasteiger partial charge in [-0.1, -0.05) is 49.6 Å². The van der Waals surface area contributed by atoms with Crippen molar-refractivity contribution in [3.05, 3.63) is 48.3 Å². The number of aromatic nitrogens is 2. The van der Waals surface area contributed by atoms with Crippen molar-refractivity contribution in [2.75, 3.05) is 18.4 Å². The minimum Gasteiger partial charge on any atom is -0.334 e. The summed E-state index contributed by atoms with van der Waals surface area (Å²) in [6.07, 6.45) is 12.5. The van der Waals surface area contributed by atoms with Crippen LogP contribution in [0.5, 0.6) is 0 Å². The molecule has 1 aromatic heterocycles. The molecule has 0 radical (unpaired) electrons. The van der Waals surface area contributed by atoms with Crippen molar-refractivity contribution in [2.24, 2.45) is 0 Å². The summed E-state index contributed by atoms with van der Waals surface area (Å²) in [5.41, 5.74) is 1.92. The molecule has 1 saturated carbocycles. The van der Waals surface area contributed by atoms with Crippen LogP contribution in [0, 0.1) is 0 Å². The van der Waals surface area contributed by atoms with E-state index in [1.54, 1.807) is 6.20 Å². The highest BCUT2D eigenvalue weighted by Gasteiger charge is 2.27. The highest BCUT2D eigenvalue weighted by atomic mass is 16.2.